The first-order valence-electron chi connectivity index (χ1n) is 6.97. The first-order valence-corrected chi connectivity index (χ1v) is 8.74. The van der Waals surface area contributed by atoms with Crippen LogP contribution in [-0.2, 0) is 6.54 Å². The van der Waals surface area contributed by atoms with Crippen LogP contribution in [0.25, 0.3) is 0 Å². The predicted octanol–water partition coefficient (Wildman–Crippen LogP) is 3.16. The van der Waals surface area contributed by atoms with Gasteiger partial charge in [-0.2, -0.15) is 11.8 Å². The molecule has 0 unspecified atom stereocenters. The van der Waals surface area contributed by atoms with Gasteiger partial charge in [-0.25, -0.2) is 0 Å². The Balaban J connectivity index is 2.41. The number of hydrogen-bond acceptors (Lipinski definition) is 3. The van der Waals surface area contributed by atoms with E-state index in [0.29, 0.717) is 11.6 Å². The molecule has 6 heteroatoms. The molecule has 0 aliphatic carbocycles. The van der Waals surface area contributed by atoms with Gasteiger partial charge < -0.3 is 15.4 Å². The molecule has 0 aromatic heterocycles. The number of benzene rings is 1. The van der Waals surface area contributed by atoms with Crippen molar-refractivity contribution in [2.24, 2.45) is 4.99 Å². The molecule has 1 aromatic carbocycles. The van der Waals surface area contributed by atoms with Crippen LogP contribution in [0.2, 0.25) is 5.02 Å². The average molecular weight is 330 g/mol. The number of aliphatic imine (C=N–C) groups is 1. The molecule has 0 bridgehead atoms. The standard InChI is InChI=1S/C15H24ClN3OS/c1-17-15(18-8-4-5-9-21-3)19-11-12-6-7-13(16)10-14(12)20-2/h6-7,10H,4-5,8-9,11H2,1-3H3,(H2,17,18,19). The van der Waals surface area contributed by atoms with E-state index in [1.807, 2.05) is 30.0 Å². The molecule has 118 valence electrons. The number of hydrogen-bond donors (Lipinski definition) is 2. The number of methoxy groups -OCH3 is 1. The zero-order valence-electron chi connectivity index (χ0n) is 12.9. The average Bonchev–Trinajstić information content (AvgIpc) is 2.50. The molecule has 0 saturated heterocycles. The number of ether oxygens (including phenoxy) is 1. The minimum absolute atomic E-state index is 0.644. The van der Waals surface area contributed by atoms with E-state index in [1.165, 1.54) is 12.2 Å². The lowest BCUT2D eigenvalue weighted by Gasteiger charge is -2.14. The number of halogens is 1. The van der Waals surface area contributed by atoms with Gasteiger partial charge in [-0.15, -0.1) is 0 Å². The summed E-state index contributed by atoms with van der Waals surface area (Å²) in [6.07, 6.45) is 4.50. The molecule has 21 heavy (non-hydrogen) atoms. The van der Waals surface area contributed by atoms with Gasteiger partial charge in [0.05, 0.1) is 7.11 Å². The number of nitrogens with one attached hydrogen (secondary N) is 2. The van der Waals surface area contributed by atoms with E-state index in [9.17, 15) is 0 Å². The largest absolute Gasteiger partial charge is 0.496 e. The Labute approximate surface area is 136 Å². The molecule has 0 atom stereocenters. The number of guanidine groups is 1. The van der Waals surface area contributed by atoms with Gasteiger partial charge >= 0.3 is 0 Å². The number of rotatable bonds is 8. The number of thioether (sulfide) groups is 1. The predicted molar refractivity (Wildman–Crippen MR) is 93.8 cm³/mol. The summed E-state index contributed by atoms with van der Waals surface area (Å²) in [5.74, 6) is 2.79. The number of unbranched alkanes of at least 4 members (excludes halogenated alkanes) is 1. The first-order chi connectivity index (χ1) is 10.2. The molecule has 0 radical (unpaired) electrons. The minimum Gasteiger partial charge on any atom is -0.496 e. The molecule has 2 N–H and O–H groups in total. The molecular formula is C15H24ClN3OS. The fraction of sp³-hybridized carbons (Fsp3) is 0.533. The van der Waals surface area contributed by atoms with Crippen molar-refractivity contribution in [3.05, 3.63) is 28.8 Å². The zero-order chi connectivity index (χ0) is 15.5. The summed E-state index contributed by atoms with van der Waals surface area (Å²) in [5, 5.41) is 7.26. The normalized spacial score (nSPS) is 11.3. The molecule has 0 amide bonds. The van der Waals surface area contributed by atoms with Gasteiger partial charge in [-0.3, -0.25) is 4.99 Å². The van der Waals surface area contributed by atoms with Crippen molar-refractivity contribution in [1.29, 1.82) is 0 Å². The van der Waals surface area contributed by atoms with E-state index in [2.05, 4.69) is 21.9 Å². The Morgan fingerprint density at radius 3 is 2.81 bits per heavy atom. The highest BCUT2D eigenvalue weighted by atomic mass is 35.5. The molecule has 1 rings (SSSR count). The van der Waals surface area contributed by atoms with Crippen molar-refractivity contribution in [2.75, 3.05) is 32.7 Å². The third-order valence-electron chi connectivity index (χ3n) is 2.99. The van der Waals surface area contributed by atoms with Crippen LogP contribution in [0.4, 0.5) is 0 Å². The van der Waals surface area contributed by atoms with Crippen LogP contribution in [0.3, 0.4) is 0 Å². The van der Waals surface area contributed by atoms with E-state index >= 15 is 0 Å². The van der Waals surface area contributed by atoms with Crippen LogP contribution in [0.1, 0.15) is 18.4 Å². The number of nitrogens with zero attached hydrogens (tertiary/aromatic N) is 1. The fourth-order valence-electron chi connectivity index (χ4n) is 1.84. The van der Waals surface area contributed by atoms with E-state index in [-0.39, 0.29) is 0 Å². The fourth-order valence-corrected chi connectivity index (χ4v) is 2.50. The highest BCUT2D eigenvalue weighted by Gasteiger charge is 2.05. The molecule has 1 aromatic rings. The summed E-state index contributed by atoms with van der Waals surface area (Å²) in [4.78, 5) is 4.22. The van der Waals surface area contributed by atoms with Crippen LogP contribution in [-0.4, -0.2) is 38.7 Å². The van der Waals surface area contributed by atoms with Crippen molar-refractivity contribution in [3.63, 3.8) is 0 Å². The van der Waals surface area contributed by atoms with Gasteiger partial charge in [-0.1, -0.05) is 17.7 Å². The molecule has 0 aliphatic rings. The summed E-state index contributed by atoms with van der Waals surface area (Å²) < 4.78 is 5.33. The molecule has 4 nitrogen and oxygen atoms in total. The van der Waals surface area contributed by atoms with Gasteiger partial charge in [0.1, 0.15) is 5.75 Å². The maximum atomic E-state index is 5.96. The second-order valence-electron chi connectivity index (χ2n) is 4.51. The molecule has 0 spiro atoms. The van der Waals surface area contributed by atoms with Gasteiger partial charge in [0.25, 0.3) is 0 Å². The zero-order valence-corrected chi connectivity index (χ0v) is 14.5. The Kier molecular flexibility index (Phi) is 9.10. The van der Waals surface area contributed by atoms with Crippen molar-refractivity contribution in [3.8, 4) is 5.75 Å². The highest BCUT2D eigenvalue weighted by Crippen LogP contribution is 2.22. The van der Waals surface area contributed by atoms with Crippen LogP contribution >= 0.6 is 23.4 Å². The van der Waals surface area contributed by atoms with Crippen LogP contribution in [0.15, 0.2) is 23.2 Å². The monoisotopic (exact) mass is 329 g/mol. The van der Waals surface area contributed by atoms with Crippen molar-refractivity contribution >= 4 is 29.3 Å². The smallest absolute Gasteiger partial charge is 0.191 e. The quantitative estimate of drug-likeness (QED) is 0.437. The first kappa shape index (κ1) is 18.0. The highest BCUT2D eigenvalue weighted by molar-refractivity contribution is 7.98. The third kappa shape index (κ3) is 6.96. The van der Waals surface area contributed by atoms with Crippen molar-refractivity contribution in [1.82, 2.24) is 10.6 Å². The van der Waals surface area contributed by atoms with Crippen LogP contribution in [0, 0.1) is 0 Å². The van der Waals surface area contributed by atoms with Crippen LogP contribution in [0.5, 0.6) is 5.75 Å². The van der Waals surface area contributed by atoms with E-state index in [1.54, 1.807) is 14.2 Å². The minimum atomic E-state index is 0.644. The Bertz CT molecular complexity index is 455. The lowest BCUT2D eigenvalue weighted by atomic mass is 10.2. The molecule has 0 saturated carbocycles. The van der Waals surface area contributed by atoms with E-state index in [0.717, 1.165) is 30.2 Å². The van der Waals surface area contributed by atoms with E-state index < -0.39 is 0 Å². The van der Waals surface area contributed by atoms with Gasteiger partial charge in [0.15, 0.2) is 5.96 Å². The lowest BCUT2D eigenvalue weighted by molar-refractivity contribution is 0.409. The van der Waals surface area contributed by atoms with Crippen molar-refractivity contribution in [2.45, 2.75) is 19.4 Å². The van der Waals surface area contributed by atoms with Crippen molar-refractivity contribution < 1.29 is 4.74 Å². The maximum Gasteiger partial charge on any atom is 0.191 e. The summed E-state index contributed by atoms with van der Waals surface area (Å²) in [6, 6.07) is 5.64. The Hall–Kier alpha value is -1.07. The van der Waals surface area contributed by atoms with Gasteiger partial charge in [-0.05, 0) is 37.0 Å². The van der Waals surface area contributed by atoms with Gasteiger partial charge in [0, 0.05) is 30.7 Å². The summed E-state index contributed by atoms with van der Waals surface area (Å²) in [6.45, 7) is 1.57. The van der Waals surface area contributed by atoms with E-state index in [4.69, 9.17) is 16.3 Å². The second kappa shape index (κ2) is 10.6. The Morgan fingerprint density at radius 1 is 1.33 bits per heavy atom. The molecule has 0 aliphatic heterocycles. The summed E-state index contributed by atoms with van der Waals surface area (Å²) in [5.41, 5.74) is 1.05. The van der Waals surface area contributed by atoms with Crippen LogP contribution < -0.4 is 15.4 Å². The third-order valence-corrected chi connectivity index (χ3v) is 3.92. The molecule has 0 fully saturated rings. The SMILES string of the molecule is CN=C(NCCCCSC)NCc1ccc(Cl)cc1OC. The topological polar surface area (TPSA) is 45.7 Å². The summed E-state index contributed by atoms with van der Waals surface area (Å²) >= 11 is 7.84. The second-order valence-corrected chi connectivity index (χ2v) is 5.93. The lowest BCUT2D eigenvalue weighted by Crippen LogP contribution is -2.37. The summed E-state index contributed by atoms with van der Waals surface area (Å²) in [7, 11) is 3.42. The Morgan fingerprint density at radius 2 is 2.14 bits per heavy atom. The maximum absolute atomic E-state index is 5.96. The molecule has 0 heterocycles. The molecular weight excluding hydrogens is 306 g/mol. The van der Waals surface area contributed by atoms with Gasteiger partial charge in [0.2, 0.25) is 0 Å².